The molecule has 5 rings (SSSR count). The SMILES string of the molecule is Cc1cnc(-c2nc3cc4c(cc3o2)[C@]2(C)CCN[C@H](C4)C2C)cn1. The summed E-state index contributed by atoms with van der Waals surface area (Å²) >= 11 is 0. The van der Waals surface area contributed by atoms with E-state index in [2.05, 4.69) is 46.2 Å². The first kappa shape index (κ1) is 15.0. The van der Waals surface area contributed by atoms with Gasteiger partial charge in [0.1, 0.15) is 11.2 Å². The minimum atomic E-state index is 0.203. The maximum atomic E-state index is 6.05. The quantitative estimate of drug-likeness (QED) is 0.739. The van der Waals surface area contributed by atoms with Crippen LogP contribution in [0.4, 0.5) is 0 Å². The molecule has 1 fully saturated rings. The average molecular weight is 334 g/mol. The number of hydrogen-bond acceptors (Lipinski definition) is 5. The van der Waals surface area contributed by atoms with Gasteiger partial charge in [-0.05, 0) is 60.9 Å². The smallest absolute Gasteiger partial charge is 0.247 e. The van der Waals surface area contributed by atoms with Gasteiger partial charge in [0.25, 0.3) is 0 Å². The molecule has 25 heavy (non-hydrogen) atoms. The summed E-state index contributed by atoms with van der Waals surface area (Å²) in [6.07, 6.45) is 5.69. The Morgan fingerprint density at radius 2 is 2.12 bits per heavy atom. The second-order valence-electron chi connectivity index (χ2n) is 7.76. The molecule has 3 heterocycles. The number of nitrogens with zero attached hydrogens (tertiary/aromatic N) is 3. The van der Waals surface area contributed by atoms with Gasteiger partial charge >= 0.3 is 0 Å². The molecule has 3 aromatic rings. The molecule has 1 aliphatic heterocycles. The fourth-order valence-corrected chi connectivity index (χ4v) is 4.56. The van der Waals surface area contributed by atoms with Crippen LogP contribution in [0.2, 0.25) is 0 Å². The summed E-state index contributed by atoms with van der Waals surface area (Å²) < 4.78 is 6.05. The maximum Gasteiger partial charge on any atom is 0.247 e. The first-order valence-corrected chi connectivity index (χ1v) is 9.01. The third-order valence-corrected chi connectivity index (χ3v) is 6.33. The van der Waals surface area contributed by atoms with Gasteiger partial charge < -0.3 is 9.73 Å². The van der Waals surface area contributed by atoms with Gasteiger partial charge in [0.2, 0.25) is 5.89 Å². The molecule has 2 aliphatic rings. The Balaban J connectivity index is 1.66. The Morgan fingerprint density at radius 3 is 2.92 bits per heavy atom. The first-order chi connectivity index (χ1) is 12.0. The van der Waals surface area contributed by atoms with E-state index in [1.54, 1.807) is 12.4 Å². The third kappa shape index (κ3) is 2.15. The number of benzene rings is 1. The number of fused-ring (bicyclic) bond motifs is 5. The Bertz CT molecular complexity index is 962. The normalized spacial score (nSPS) is 28.1. The lowest BCUT2D eigenvalue weighted by molar-refractivity contribution is 0.158. The predicted molar refractivity (Wildman–Crippen MR) is 96.4 cm³/mol. The van der Waals surface area contributed by atoms with Crippen molar-refractivity contribution in [1.82, 2.24) is 20.3 Å². The highest BCUT2D eigenvalue weighted by Gasteiger charge is 2.45. The monoisotopic (exact) mass is 334 g/mol. The van der Waals surface area contributed by atoms with Crippen LogP contribution in [0.5, 0.6) is 0 Å². The molecule has 1 N–H and O–H groups in total. The zero-order valence-electron chi connectivity index (χ0n) is 14.8. The van der Waals surface area contributed by atoms with Crippen LogP contribution in [-0.4, -0.2) is 27.5 Å². The first-order valence-electron chi connectivity index (χ1n) is 9.01. The highest BCUT2D eigenvalue weighted by Crippen LogP contribution is 2.47. The van der Waals surface area contributed by atoms with Crippen LogP contribution in [0.1, 0.15) is 37.1 Å². The summed E-state index contributed by atoms with van der Waals surface area (Å²) in [5.41, 5.74) is 6.36. The molecule has 2 aromatic heterocycles. The van der Waals surface area contributed by atoms with Crippen LogP contribution in [0.15, 0.2) is 28.9 Å². The topological polar surface area (TPSA) is 63.8 Å². The molecule has 3 atom stereocenters. The standard InChI is InChI=1S/C20H22N4O/c1-11-9-23-17(10-22-11)19-24-16-7-13-6-15-12(2)20(3,4-5-21-15)14(13)8-18(16)25-19/h7-10,12,15,21H,4-6H2,1-3H3/t12?,15-,20-/m1/s1. The van der Waals surface area contributed by atoms with Crippen LogP contribution in [0.3, 0.4) is 0 Å². The van der Waals surface area contributed by atoms with Crippen molar-refractivity contribution >= 4 is 11.1 Å². The predicted octanol–water partition coefficient (Wildman–Crippen LogP) is 3.41. The van der Waals surface area contributed by atoms with Gasteiger partial charge in [-0.15, -0.1) is 0 Å². The molecule has 0 radical (unpaired) electrons. The van der Waals surface area contributed by atoms with Crippen LogP contribution < -0.4 is 5.32 Å². The minimum absolute atomic E-state index is 0.203. The Morgan fingerprint density at radius 1 is 1.24 bits per heavy atom. The van der Waals surface area contributed by atoms with Crippen molar-refractivity contribution in [3.63, 3.8) is 0 Å². The van der Waals surface area contributed by atoms with Crippen LogP contribution >= 0.6 is 0 Å². The zero-order chi connectivity index (χ0) is 17.2. The Hall–Kier alpha value is -2.27. The summed E-state index contributed by atoms with van der Waals surface area (Å²) in [4.78, 5) is 13.4. The van der Waals surface area contributed by atoms with Gasteiger partial charge in [0.15, 0.2) is 5.58 Å². The fourth-order valence-electron chi connectivity index (χ4n) is 4.56. The summed E-state index contributed by atoms with van der Waals surface area (Å²) in [7, 11) is 0. The molecule has 128 valence electrons. The third-order valence-electron chi connectivity index (χ3n) is 6.33. The number of aryl methyl sites for hydroxylation is 1. The fraction of sp³-hybridized carbons (Fsp3) is 0.450. The van der Waals surface area contributed by atoms with E-state index in [9.17, 15) is 0 Å². The van der Waals surface area contributed by atoms with Gasteiger partial charge in [0, 0.05) is 12.2 Å². The van der Waals surface area contributed by atoms with Crippen molar-refractivity contribution in [2.24, 2.45) is 5.92 Å². The summed E-state index contributed by atoms with van der Waals surface area (Å²) in [5, 5.41) is 3.69. The molecule has 5 heteroatoms. The molecular weight excluding hydrogens is 312 g/mol. The Kier molecular flexibility index (Phi) is 3.07. The molecule has 1 unspecified atom stereocenters. The number of oxazole rings is 1. The lowest BCUT2D eigenvalue weighted by Gasteiger charge is -2.50. The van der Waals surface area contributed by atoms with E-state index in [0.29, 0.717) is 23.5 Å². The second kappa shape index (κ2) is 5.11. The van der Waals surface area contributed by atoms with Gasteiger partial charge in [-0.1, -0.05) is 13.8 Å². The highest BCUT2D eigenvalue weighted by atomic mass is 16.3. The molecule has 1 aromatic carbocycles. The molecule has 2 bridgehead atoms. The van der Waals surface area contributed by atoms with Crippen molar-refractivity contribution in [1.29, 1.82) is 0 Å². The van der Waals surface area contributed by atoms with Crippen molar-refractivity contribution in [3.05, 3.63) is 41.3 Å². The van der Waals surface area contributed by atoms with E-state index in [-0.39, 0.29) is 5.41 Å². The number of piperidine rings is 1. The number of aromatic nitrogens is 3. The molecule has 0 saturated carbocycles. The van der Waals surface area contributed by atoms with Crippen molar-refractivity contribution < 1.29 is 4.42 Å². The average Bonchev–Trinajstić information content (AvgIpc) is 3.00. The second-order valence-corrected chi connectivity index (χ2v) is 7.76. The summed E-state index contributed by atoms with van der Waals surface area (Å²) in [6, 6.07) is 4.99. The lowest BCUT2D eigenvalue weighted by atomic mass is 9.59. The summed E-state index contributed by atoms with van der Waals surface area (Å²) in [6.45, 7) is 7.78. The van der Waals surface area contributed by atoms with Gasteiger partial charge in [0.05, 0.1) is 11.9 Å². The van der Waals surface area contributed by atoms with Gasteiger partial charge in [-0.3, -0.25) is 4.98 Å². The number of rotatable bonds is 1. The van der Waals surface area contributed by atoms with Gasteiger partial charge in [-0.25, -0.2) is 9.97 Å². The highest BCUT2D eigenvalue weighted by molar-refractivity contribution is 5.78. The van der Waals surface area contributed by atoms with E-state index in [1.165, 1.54) is 11.1 Å². The lowest BCUT2D eigenvalue weighted by Crippen LogP contribution is -2.56. The molecule has 1 saturated heterocycles. The van der Waals surface area contributed by atoms with Crippen LogP contribution in [-0.2, 0) is 11.8 Å². The van der Waals surface area contributed by atoms with Crippen molar-refractivity contribution in [2.75, 3.05) is 6.54 Å². The van der Waals surface area contributed by atoms with E-state index < -0.39 is 0 Å². The number of nitrogens with one attached hydrogen (secondary N) is 1. The molecule has 0 amide bonds. The summed E-state index contributed by atoms with van der Waals surface area (Å²) in [5.74, 6) is 1.17. The van der Waals surface area contributed by atoms with E-state index in [0.717, 1.165) is 36.2 Å². The van der Waals surface area contributed by atoms with Crippen LogP contribution in [0, 0.1) is 12.8 Å². The van der Waals surface area contributed by atoms with Crippen LogP contribution in [0.25, 0.3) is 22.7 Å². The zero-order valence-corrected chi connectivity index (χ0v) is 14.8. The molecule has 0 spiro atoms. The number of hydrogen-bond donors (Lipinski definition) is 1. The van der Waals surface area contributed by atoms with E-state index >= 15 is 0 Å². The minimum Gasteiger partial charge on any atom is -0.435 e. The van der Waals surface area contributed by atoms with Crippen molar-refractivity contribution in [2.45, 2.75) is 45.1 Å². The Labute approximate surface area is 146 Å². The largest absolute Gasteiger partial charge is 0.435 e. The van der Waals surface area contributed by atoms with E-state index in [1.807, 2.05) is 6.92 Å². The van der Waals surface area contributed by atoms with E-state index in [4.69, 9.17) is 4.42 Å². The molecular formula is C20H22N4O. The maximum absolute atomic E-state index is 6.05. The molecule has 5 nitrogen and oxygen atoms in total. The van der Waals surface area contributed by atoms with Crippen molar-refractivity contribution in [3.8, 4) is 11.6 Å². The van der Waals surface area contributed by atoms with Gasteiger partial charge in [-0.2, -0.15) is 0 Å². The molecule has 1 aliphatic carbocycles.